The molecule has 0 bridgehead atoms. The topological polar surface area (TPSA) is 58.3 Å². The van der Waals surface area contributed by atoms with Gasteiger partial charge in [-0.25, -0.2) is 0 Å². The van der Waals surface area contributed by atoms with E-state index >= 15 is 0 Å². The summed E-state index contributed by atoms with van der Waals surface area (Å²) in [6.45, 7) is 3.97. The van der Waals surface area contributed by atoms with Crippen LogP contribution in [0.4, 0.5) is 5.69 Å². The molecule has 5 nitrogen and oxygen atoms in total. The van der Waals surface area contributed by atoms with E-state index in [0.717, 1.165) is 34.5 Å². The van der Waals surface area contributed by atoms with Crippen molar-refractivity contribution < 1.29 is 4.74 Å². The molecule has 0 spiro atoms. The van der Waals surface area contributed by atoms with E-state index in [2.05, 4.69) is 24.1 Å². The van der Waals surface area contributed by atoms with E-state index in [9.17, 15) is 10.1 Å². The standard InChI is InChI=1S/C18H19N3O2/c1-12-15(9-19)18(22)21(3)10-16(12)13-4-5-17-14(8-13)11-23-7-6-20(17)2/h4-5,8,10H,6-7,11H2,1-3H3. The smallest absolute Gasteiger partial charge is 0.268 e. The Hall–Kier alpha value is -2.58. The zero-order valence-corrected chi connectivity index (χ0v) is 13.6. The number of ether oxygens (including phenoxy) is 1. The van der Waals surface area contributed by atoms with Crippen LogP contribution < -0.4 is 10.5 Å². The first kappa shape index (κ1) is 15.3. The van der Waals surface area contributed by atoms with E-state index in [4.69, 9.17) is 4.74 Å². The predicted octanol–water partition coefficient (Wildman–Crippen LogP) is 2.20. The van der Waals surface area contributed by atoms with Gasteiger partial charge >= 0.3 is 0 Å². The summed E-state index contributed by atoms with van der Waals surface area (Å²) in [6, 6.07) is 8.23. The predicted molar refractivity (Wildman–Crippen MR) is 89.5 cm³/mol. The minimum absolute atomic E-state index is 0.202. The average Bonchev–Trinajstić information content (AvgIpc) is 2.73. The van der Waals surface area contributed by atoms with Crippen molar-refractivity contribution in [2.45, 2.75) is 13.5 Å². The van der Waals surface area contributed by atoms with Gasteiger partial charge in [-0.15, -0.1) is 0 Å². The van der Waals surface area contributed by atoms with E-state index < -0.39 is 0 Å². The number of pyridine rings is 1. The Balaban J connectivity index is 2.18. The van der Waals surface area contributed by atoms with Crippen molar-refractivity contribution in [1.82, 2.24) is 4.57 Å². The van der Waals surface area contributed by atoms with Crippen LogP contribution in [0.5, 0.6) is 0 Å². The van der Waals surface area contributed by atoms with E-state index in [1.165, 1.54) is 4.57 Å². The molecule has 5 heteroatoms. The Labute approximate surface area is 135 Å². The number of anilines is 1. The van der Waals surface area contributed by atoms with Crippen molar-refractivity contribution in [1.29, 1.82) is 5.26 Å². The summed E-state index contributed by atoms with van der Waals surface area (Å²) in [5, 5.41) is 9.27. The number of fused-ring (bicyclic) bond motifs is 1. The number of rotatable bonds is 1. The highest BCUT2D eigenvalue weighted by atomic mass is 16.5. The molecule has 1 aromatic carbocycles. The van der Waals surface area contributed by atoms with Crippen LogP contribution in [0, 0.1) is 18.3 Å². The maximum Gasteiger partial charge on any atom is 0.268 e. The first-order valence-corrected chi connectivity index (χ1v) is 7.55. The summed E-state index contributed by atoms with van der Waals surface area (Å²) in [6.07, 6.45) is 1.79. The van der Waals surface area contributed by atoms with Gasteiger partial charge in [-0.3, -0.25) is 4.79 Å². The van der Waals surface area contributed by atoms with E-state index in [1.54, 1.807) is 13.2 Å². The van der Waals surface area contributed by atoms with Gasteiger partial charge in [-0.05, 0) is 30.2 Å². The lowest BCUT2D eigenvalue weighted by atomic mass is 9.97. The molecule has 2 heterocycles. The van der Waals surface area contributed by atoms with Gasteiger partial charge in [-0.2, -0.15) is 5.26 Å². The highest BCUT2D eigenvalue weighted by Crippen LogP contribution is 2.30. The van der Waals surface area contributed by atoms with Crippen LogP contribution in [-0.4, -0.2) is 24.8 Å². The molecule has 0 aliphatic carbocycles. The van der Waals surface area contributed by atoms with Gasteiger partial charge < -0.3 is 14.2 Å². The highest BCUT2D eigenvalue weighted by Gasteiger charge is 2.16. The van der Waals surface area contributed by atoms with Crippen LogP contribution in [-0.2, 0) is 18.4 Å². The number of hydrogen-bond acceptors (Lipinski definition) is 4. The minimum atomic E-state index is -0.258. The largest absolute Gasteiger partial charge is 0.375 e. The van der Waals surface area contributed by atoms with Gasteiger partial charge in [0.15, 0.2) is 0 Å². The molecule has 0 saturated heterocycles. The zero-order valence-electron chi connectivity index (χ0n) is 13.6. The lowest BCUT2D eigenvalue weighted by molar-refractivity contribution is 0.133. The highest BCUT2D eigenvalue weighted by molar-refractivity contribution is 5.72. The van der Waals surface area contributed by atoms with Crippen molar-refractivity contribution in [3.05, 3.63) is 51.4 Å². The molecule has 2 aromatic rings. The summed E-state index contributed by atoms with van der Waals surface area (Å²) in [5.41, 5.74) is 4.84. The lowest BCUT2D eigenvalue weighted by Gasteiger charge is -2.19. The van der Waals surface area contributed by atoms with Gasteiger partial charge in [0.1, 0.15) is 11.6 Å². The molecule has 23 heavy (non-hydrogen) atoms. The Morgan fingerprint density at radius 2 is 2.09 bits per heavy atom. The van der Waals surface area contributed by atoms with Gasteiger partial charge in [0, 0.05) is 43.7 Å². The van der Waals surface area contributed by atoms with Crippen LogP contribution in [0.1, 0.15) is 16.7 Å². The molecule has 1 aliphatic heterocycles. The fraction of sp³-hybridized carbons (Fsp3) is 0.333. The molecule has 1 aliphatic rings. The number of aryl methyl sites for hydroxylation is 1. The summed E-state index contributed by atoms with van der Waals surface area (Å²) in [5.74, 6) is 0. The van der Waals surface area contributed by atoms with Crippen LogP contribution in [0.25, 0.3) is 11.1 Å². The monoisotopic (exact) mass is 309 g/mol. The number of nitrogens with zero attached hydrogens (tertiary/aromatic N) is 3. The molecular weight excluding hydrogens is 290 g/mol. The zero-order chi connectivity index (χ0) is 16.6. The van der Waals surface area contributed by atoms with Crippen LogP contribution in [0.15, 0.2) is 29.2 Å². The first-order valence-electron chi connectivity index (χ1n) is 7.55. The summed E-state index contributed by atoms with van der Waals surface area (Å²) >= 11 is 0. The molecule has 0 unspecified atom stereocenters. The minimum Gasteiger partial charge on any atom is -0.375 e. The van der Waals surface area contributed by atoms with Gasteiger partial charge in [0.25, 0.3) is 5.56 Å². The van der Waals surface area contributed by atoms with Crippen LogP contribution in [0.2, 0.25) is 0 Å². The maximum absolute atomic E-state index is 12.0. The van der Waals surface area contributed by atoms with Gasteiger partial charge in [0.05, 0.1) is 13.2 Å². The summed E-state index contributed by atoms with van der Waals surface area (Å²) in [4.78, 5) is 14.2. The van der Waals surface area contributed by atoms with E-state index in [1.807, 2.05) is 19.1 Å². The molecule has 0 saturated carbocycles. The SMILES string of the molecule is Cc1c(-c2ccc3c(c2)COCCN3C)cn(C)c(=O)c1C#N. The van der Waals surface area contributed by atoms with Crippen molar-refractivity contribution >= 4 is 5.69 Å². The molecule has 0 radical (unpaired) electrons. The molecule has 1 aromatic heterocycles. The van der Waals surface area contributed by atoms with Crippen molar-refractivity contribution in [2.24, 2.45) is 7.05 Å². The third-order valence-electron chi connectivity index (χ3n) is 4.38. The third kappa shape index (κ3) is 2.62. The molecule has 0 amide bonds. The van der Waals surface area contributed by atoms with Crippen molar-refractivity contribution in [2.75, 3.05) is 25.1 Å². The first-order chi connectivity index (χ1) is 11.0. The average molecular weight is 309 g/mol. The maximum atomic E-state index is 12.0. The summed E-state index contributed by atoms with van der Waals surface area (Å²) < 4.78 is 7.12. The Morgan fingerprint density at radius 3 is 2.83 bits per heavy atom. The quantitative estimate of drug-likeness (QED) is 0.810. The van der Waals surface area contributed by atoms with Crippen LogP contribution >= 0.6 is 0 Å². The molecule has 0 fully saturated rings. The third-order valence-corrected chi connectivity index (χ3v) is 4.38. The van der Waals surface area contributed by atoms with Gasteiger partial charge in [-0.1, -0.05) is 6.07 Å². The Kier molecular flexibility index (Phi) is 3.93. The second-order valence-corrected chi connectivity index (χ2v) is 5.89. The fourth-order valence-electron chi connectivity index (χ4n) is 2.99. The molecular formula is C18H19N3O2. The number of hydrogen-bond donors (Lipinski definition) is 0. The van der Waals surface area contributed by atoms with Crippen LogP contribution in [0.3, 0.4) is 0 Å². The lowest BCUT2D eigenvalue weighted by Crippen LogP contribution is -2.21. The van der Waals surface area contributed by atoms with Crippen molar-refractivity contribution in [3.63, 3.8) is 0 Å². The number of benzene rings is 1. The Morgan fingerprint density at radius 1 is 1.30 bits per heavy atom. The number of nitriles is 1. The number of aromatic nitrogens is 1. The molecule has 0 atom stereocenters. The van der Waals surface area contributed by atoms with Gasteiger partial charge in [0.2, 0.25) is 0 Å². The van der Waals surface area contributed by atoms with E-state index in [-0.39, 0.29) is 11.1 Å². The number of likely N-dealkylation sites (N-methyl/N-ethyl adjacent to an activating group) is 1. The second-order valence-electron chi connectivity index (χ2n) is 5.89. The normalized spacial score (nSPS) is 14.1. The molecule has 118 valence electrons. The van der Waals surface area contributed by atoms with Crippen molar-refractivity contribution in [3.8, 4) is 17.2 Å². The van der Waals surface area contributed by atoms with E-state index in [0.29, 0.717) is 13.2 Å². The molecule has 0 N–H and O–H groups in total. The second kappa shape index (κ2) is 5.90. The Bertz CT molecular complexity index is 862. The summed E-state index contributed by atoms with van der Waals surface area (Å²) in [7, 11) is 3.73. The molecule has 3 rings (SSSR count). The fourth-order valence-corrected chi connectivity index (χ4v) is 2.99.